The molecule has 0 saturated carbocycles. The van der Waals surface area contributed by atoms with E-state index in [9.17, 15) is 53.4 Å². The highest BCUT2D eigenvalue weighted by molar-refractivity contribution is 5.98. The molecule has 28 nitrogen and oxygen atoms in total. The first-order chi connectivity index (χ1) is 37.3. The average molecular weight is 1090 g/mol. The van der Waals surface area contributed by atoms with Crippen LogP contribution in [0.15, 0.2) is 64.6 Å². The molecule has 0 aromatic heterocycles. The van der Waals surface area contributed by atoms with E-state index in [1.54, 1.807) is 42.5 Å². The lowest BCUT2D eigenvalue weighted by Gasteiger charge is -2.32. The number of amides is 8. The smallest absolute Gasteiger partial charge is 0.385 e. The molecule has 3 saturated heterocycles. The Kier molecular flexibility index (Phi) is 23.0. The lowest BCUT2D eigenvalue weighted by atomic mass is 10.0. The molecule has 3 aliphatic rings. The number of aliphatic hydroxyl groups is 1. The standard InChI is InChI=1S/C50H71N17O11/c51-32(11-4-20-57-49(52)53)45(74)67-24-8-15-39(67)47(76)66-23-6-13-37(66)43(72)59-27-40(69)60-34(25-29-9-2-1-3-10-29)41(70)63-36(28-68)46(75)65-22-7-14-38(65)44(73)62-35(26-30-16-18-31(64-56)19-17-30)42(71)61-33(48(77)78)12-5-21-58-50(54)55/h1-3,9-10,16-19,32-39,68H,4-8,11-15,20-28,51H2,(H13-,52,53,54,55,57,58,59,60,61,62,63,69,70,71,72,73,77,78)/p+1/t32-,33-,34-,35-,36-,37-,38-,39-/m0/s1. The van der Waals surface area contributed by atoms with Crippen LogP contribution >= 0.6 is 0 Å². The lowest BCUT2D eigenvalue weighted by Crippen LogP contribution is -2.60. The summed E-state index contributed by atoms with van der Waals surface area (Å²) in [5.74, 6) is -7.21. The molecule has 0 spiro atoms. The van der Waals surface area contributed by atoms with Crippen molar-refractivity contribution >= 4 is 70.8 Å². The number of carboxylic acid groups (broad SMARTS) is 1. The molecule has 17 N–H and O–H groups in total. The Labute approximate surface area is 450 Å². The van der Waals surface area contributed by atoms with E-state index < -0.39 is 115 Å². The van der Waals surface area contributed by atoms with Gasteiger partial charge in [0.2, 0.25) is 52.7 Å². The van der Waals surface area contributed by atoms with Gasteiger partial charge in [-0.3, -0.25) is 48.3 Å². The summed E-state index contributed by atoms with van der Waals surface area (Å²) in [7, 11) is 0. The van der Waals surface area contributed by atoms with Crippen LogP contribution in [0.3, 0.4) is 0 Å². The monoisotopic (exact) mass is 1090 g/mol. The number of hydrogen-bond donors (Lipinski definition) is 12. The van der Waals surface area contributed by atoms with Gasteiger partial charge in [-0.25, -0.2) is 4.79 Å². The molecule has 0 radical (unpaired) electrons. The van der Waals surface area contributed by atoms with Crippen LogP contribution in [-0.2, 0) is 56.0 Å². The summed E-state index contributed by atoms with van der Waals surface area (Å²) in [6.07, 6.45) is 2.79. The van der Waals surface area contributed by atoms with E-state index in [1.165, 1.54) is 21.9 Å². The minimum atomic E-state index is -1.62. The molecule has 5 rings (SSSR count). The van der Waals surface area contributed by atoms with Crippen molar-refractivity contribution in [3.63, 3.8) is 0 Å². The number of likely N-dealkylation sites (tertiary alicyclic amines) is 3. The van der Waals surface area contributed by atoms with Gasteiger partial charge in [0.1, 0.15) is 42.3 Å². The molecule has 0 bridgehead atoms. The first kappa shape index (κ1) is 60.4. The summed E-state index contributed by atoms with van der Waals surface area (Å²) in [5.41, 5.74) is 29.0. The summed E-state index contributed by atoms with van der Waals surface area (Å²) in [5, 5.41) is 42.4. The molecule has 0 aliphatic carbocycles. The maximum atomic E-state index is 14.2. The number of aliphatic hydroxyl groups excluding tert-OH is 1. The Bertz CT molecular complexity index is 2550. The molecule has 3 heterocycles. The molecule has 2 aromatic rings. The van der Waals surface area contributed by atoms with Gasteiger partial charge in [-0.2, -0.15) is 0 Å². The highest BCUT2D eigenvalue weighted by atomic mass is 16.4. The van der Waals surface area contributed by atoms with Crippen molar-refractivity contribution < 1.29 is 53.4 Å². The third-order valence-electron chi connectivity index (χ3n) is 13.6. The normalized spacial score (nSPS) is 18.7. The second-order valence-electron chi connectivity index (χ2n) is 19.3. The van der Waals surface area contributed by atoms with Crippen molar-refractivity contribution in [2.45, 2.75) is 125 Å². The van der Waals surface area contributed by atoms with Gasteiger partial charge in [0.25, 0.3) is 0 Å². The van der Waals surface area contributed by atoms with Crippen LogP contribution in [0.1, 0.15) is 75.3 Å². The van der Waals surface area contributed by atoms with Crippen molar-refractivity contribution in [1.82, 2.24) is 41.3 Å². The Balaban J connectivity index is 1.22. The Hall–Kier alpha value is -8.45. The molecular formula is C50H72N17O11+. The summed E-state index contributed by atoms with van der Waals surface area (Å²) in [6, 6.07) is 4.97. The number of rotatable bonds is 27. The number of carbonyl (C=O) groups excluding carboxylic acids is 8. The van der Waals surface area contributed by atoms with Gasteiger partial charge in [0.15, 0.2) is 16.9 Å². The Morgan fingerprint density at radius 1 is 0.628 bits per heavy atom. The molecule has 0 unspecified atom stereocenters. The van der Waals surface area contributed by atoms with Crippen LogP contribution in [-0.4, -0.2) is 184 Å². The Morgan fingerprint density at radius 2 is 1.14 bits per heavy atom. The second-order valence-corrected chi connectivity index (χ2v) is 19.3. The van der Waals surface area contributed by atoms with Crippen molar-refractivity contribution in [3.8, 4) is 0 Å². The third kappa shape index (κ3) is 17.6. The minimum absolute atomic E-state index is 0.0189. The quantitative estimate of drug-likeness (QED) is 0.0179. The number of carbonyl (C=O) groups is 9. The maximum absolute atomic E-state index is 14.2. The zero-order chi connectivity index (χ0) is 56.9. The number of diazo groups is 1. The van der Waals surface area contributed by atoms with Gasteiger partial charge >= 0.3 is 11.7 Å². The molecule has 3 aliphatic heterocycles. The largest absolute Gasteiger partial charge is 0.480 e. The van der Waals surface area contributed by atoms with E-state index in [4.69, 9.17) is 34.1 Å². The molecule has 3 fully saturated rings. The number of carboxylic acids is 1. The molecule has 8 atom stereocenters. The van der Waals surface area contributed by atoms with Crippen molar-refractivity contribution in [1.29, 1.82) is 5.39 Å². The van der Waals surface area contributed by atoms with E-state index in [2.05, 4.69) is 41.5 Å². The third-order valence-corrected chi connectivity index (χ3v) is 13.6. The first-order valence-electron chi connectivity index (χ1n) is 25.9. The van der Waals surface area contributed by atoms with Crippen LogP contribution in [0.2, 0.25) is 0 Å². The van der Waals surface area contributed by atoms with E-state index in [1.807, 2.05) is 0 Å². The van der Waals surface area contributed by atoms with E-state index >= 15 is 0 Å². The van der Waals surface area contributed by atoms with Gasteiger partial charge in [-0.1, -0.05) is 42.5 Å². The van der Waals surface area contributed by atoms with Gasteiger partial charge < -0.3 is 80.2 Å². The molecule has 2 aromatic carbocycles. The zero-order valence-corrected chi connectivity index (χ0v) is 43.3. The fraction of sp³-hybridized carbons (Fsp3) is 0.540. The minimum Gasteiger partial charge on any atom is -0.480 e. The zero-order valence-electron chi connectivity index (χ0n) is 43.3. The van der Waals surface area contributed by atoms with Gasteiger partial charge in [-0.05, 0) is 75.3 Å². The van der Waals surface area contributed by atoms with E-state index in [0.29, 0.717) is 62.6 Å². The van der Waals surface area contributed by atoms with E-state index in [0.717, 1.165) is 4.90 Å². The number of aliphatic carboxylic acids is 1. The molecule has 422 valence electrons. The summed E-state index contributed by atoms with van der Waals surface area (Å²) in [6.45, 7) is -0.568. The Morgan fingerprint density at radius 3 is 1.71 bits per heavy atom. The predicted molar refractivity (Wildman–Crippen MR) is 282 cm³/mol. The summed E-state index contributed by atoms with van der Waals surface area (Å²) < 4.78 is 0. The predicted octanol–water partition coefficient (Wildman–Crippen LogP) is -3.50. The molecule has 28 heteroatoms. The molecule has 78 heavy (non-hydrogen) atoms. The number of nitrogens with one attached hydrogen (secondary N) is 5. The number of hydrogen-bond acceptors (Lipinski definition) is 14. The number of nitrogens with two attached hydrogens (primary N) is 5. The van der Waals surface area contributed by atoms with Crippen LogP contribution in [0, 0.1) is 5.39 Å². The topological polar surface area (TPSA) is 447 Å². The fourth-order valence-electron chi connectivity index (χ4n) is 9.63. The number of nitrogens with zero attached hydrogens (tertiary/aromatic N) is 7. The van der Waals surface area contributed by atoms with E-state index in [-0.39, 0.29) is 75.9 Å². The number of guanidine groups is 2. The van der Waals surface area contributed by atoms with Crippen LogP contribution in [0.5, 0.6) is 0 Å². The van der Waals surface area contributed by atoms with Crippen LogP contribution < -0.4 is 55.3 Å². The summed E-state index contributed by atoms with van der Waals surface area (Å²) in [4.78, 5) is 138. The van der Waals surface area contributed by atoms with Crippen LogP contribution in [0.25, 0.3) is 4.98 Å². The first-order valence-corrected chi connectivity index (χ1v) is 25.9. The fourth-order valence-corrected chi connectivity index (χ4v) is 9.63. The average Bonchev–Trinajstić information content (AvgIpc) is 4.25. The highest BCUT2D eigenvalue weighted by Crippen LogP contribution is 2.26. The summed E-state index contributed by atoms with van der Waals surface area (Å²) >= 11 is 0. The number of aliphatic imine (C=N–C) groups is 2. The van der Waals surface area contributed by atoms with Gasteiger partial charge in [0, 0.05) is 57.7 Å². The lowest BCUT2D eigenvalue weighted by molar-refractivity contribution is -0.147. The molecular weight excluding hydrogens is 1010 g/mol. The van der Waals surface area contributed by atoms with Crippen molar-refractivity contribution in [2.24, 2.45) is 38.7 Å². The van der Waals surface area contributed by atoms with Crippen molar-refractivity contribution in [3.05, 3.63) is 70.7 Å². The second kappa shape index (κ2) is 29.7. The number of benzene rings is 2. The van der Waals surface area contributed by atoms with Crippen molar-refractivity contribution in [2.75, 3.05) is 45.9 Å². The molecule has 8 amide bonds. The van der Waals surface area contributed by atoms with Gasteiger partial charge in [0.05, 0.1) is 19.2 Å². The van der Waals surface area contributed by atoms with Crippen LogP contribution in [0.4, 0.5) is 5.69 Å². The highest BCUT2D eigenvalue weighted by Gasteiger charge is 2.44. The SMILES string of the molecule is N#[N+]c1ccc(C[C@H](NC(=O)[C@@H]2CCCN2C(=O)[C@H](CO)NC(=O)[C@H](Cc2ccccc2)NC(=O)CNC(=O)[C@@H]2CCCN2C(=O)[C@@H]2CCCN2C(=O)[C@@H](N)CCCN=C(N)N)C(=O)N[C@@H](CCCN=C(N)N)C(=O)O)cc1. The maximum Gasteiger partial charge on any atom is 0.385 e. The van der Waals surface area contributed by atoms with Gasteiger partial charge in [-0.15, -0.1) is 0 Å².